The number of carbonyl (C=O) groups is 2. The van der Waals surface area contributed by atoms with Gasteiger partial charge in [-0.3, -0.25) is 9.59 Å². The number of phenolic OH excluding ortho intramolecular Hbond substituents is 1. The van der Waals surface area contributed by atoms with Crippen molar-refractivity contribution < 1.29 is 19.4 Å². The van der Waals surface area contributed by atoms with Gasteiger partial charge in [-0.2, -0.15) is 0 Å². The van der Waals surface area contributed by atoms with Gasteiger partial charge in [-0.15, -0.1) is 0 Å². The molecule has 1 aliphatic heterocycles. The molecule has 148 valence electrons. The lowest BCUT2D eigenvalue weighted by atomic mass is 10.1. The third-order valence-corrected chi connectivity index (χ3v) is 5.63. The first kappa shape index (κ1) is 20.6. The molecule has 1 fully saturated rings. The molecule has 1 saturated heterocycles. The number of amides is 2. The molecule has 0 atom stereocenters. The average Bonchev–Trinajstić information content (AvgIpc) is 2.72. The second-order valence-corrected chi connectivity index (χ2v) is 7.38. The van der Waals surface area contributed by atoms with Gasteiger partial charge in [0.1, 0.15) is 17.1 Å². The lowest BCUT2D eigenvalue weighted by Crippen LogP contribution is -2.50. The topological polar surface area (TPSA) is 70.1 Å². The number of carbonyl (C=O) groups excluding carboxylic acids is 2. The molecule has 0 bridgehead atoms. The fraction of sp³-hybridized carbons (Fsp3) is 0.263. The molecular formula is C19H17Cl3N2O4. The van der Waals surface area contributed by atoms with Crippen molar-refractivity contribution in [2.24, 2.45) is 0 Å². The van der Waals surface area contributed by atoms with Crippen molar-refractivity contribution in [2.45, 2.75) is 0 Å². The summed E-state index contributed by atoms with van der Waals surface area (Å²) in [7, 11) is 1.56. The first-order valence-corrected chi connectivity index (χ1v) is 9.56. The maximum Gasteiger partial charge on any atom is 0.259 e. The van der Waals surface area contributed by atoms with Gasteiger partial charge in [0.25, 0.3) is 11.8 Å². The zero-order valence-electron chi connectivity index (χ0n) is 14.9. The summed E-state index contributed by atoms with van der Waals surface area (Å²) >= 11 is 18.0. The second kappa shape index (κ2) is 8.47. The van der Waals surface area contributed by atoms with Crippen molar-refractivity contribution in [3.05, 3.63) is 56.5 Å². The normalized spacial score (nSPS) is 14.1. The number of rotatable bonds is 3. The van der Waals surface area contributed by atoms with Gasteiger partial charge in [0.15, 0.2) is 0 Å². The Morgan fingerprint density at radius 2 is 1.46 bits per heavy atom. The van der Waals surface area contributed by atoms with Crippen LogP contribution >= 0.6 is 34.8 Å². The predicted molar refractivity (Wildman–Crippen MR) is 108 cm³/mol. The number of aromatic hydroxyl groups is 1. The summed E-state index contributed by atoms with van der Waals surface area (Å²) in [6.07, 6.45) is 0. The van der Waals surface area contributed by atoms with Crippen LogP contribution < -0.4 is 4.74 Å². The van der Waals surface area contributed by atoms with Gasteiger partial charge < -0.3 is 19.6 Å². The van der Waals surface area contributed by atoms with Crippen LogP contribution in [0.4, 0.5) is 0 Å². The van der Waals surface area contributed by atoms with Gasteiger partial charge in [-0.05, 0) is 30.3 Å². The Kier molecular flexibility index (Phi) is 6.23. The van der Waals surface area contributed by atoms with Crippen LogP contribution in [0.5, 0.6) is 11.5 Å². The number of benzene rings is 2. The Hall–Kier alpha value is -2.15. The van der Waals surface area contributed by atoms with E-state index in [1.807, 2.05) is 0 Å². The quantitative estimate of drug-likeness (QED) is 0.729. The summed E-state index contributed by atoms with van der Waals surface area (Å²) in [6, 6.07) is 8.12. The Morgan fingerprint density at radius 3 is 2.00 bits per heavy atom. The van der Waals surface area contributed by atoms with E-state index in [1.54, 1.807) is 36.3 Å². The molecule has 1 heterocycles. The molecule has 0 unspecified atom stereocenters. The number of hydrogen-bond acceptors (Lipinski definition) is 4. The van der Waals surface area contributed by atoms with Gasteiger partial charge in [0, 0.05) is 31.7 Å². The largest absolute Gasteiger partial charge is 0.505 e. The van der Waals surface area contributed by atoms with E-state index in [-0.39, 0.29) is 26.5 Å². The molecule has 3 rings (SSSR count). The molecule has 0 aromatic heterocycles. The monoisotopic (exact) mass is 442 g/mol. The number of nitrogens with zero attached hydrogens (tertiary/aromatic N) is 2. The number of hydrogen-bond donors (Lipinski definition) is 1. The Labute approximate surface area is 177 Å². The van der Waals surface area contributed by atoms with Crippen molar-refractivity contribution in [3.8, 4) is 11.5 Å². The van der Waals surface area contributed by atoms with Crippen molar-refractivity contribution in [1.29, 1.82) is 0 Å². The zero-order valence-corrected chi connectivity index (χ0v) is 17.2. The summed E-state index contributed by atoms with van der Waals surface area (Å²) in [5.74, 6) is -0.341. The van der Waals surface area contributed by atoms with Crippen LogP contribution in [0.2, 0.25) is 15.1 Å². The molecule has 0 saturated carbocycles. The number of methoxy groups -OCH3 is 1. The Balaban J connectivity index is 1.70. The van der Waals surface area contributed by atoms with Crippen LogP contribution in [0.15, 0.2) is 30.3 Å². The minimum atomic E-state index is -0.483. The molecule has 0 spiro atoms. The fourth-order valence-electron chi connectivity index (χ4n) is 2.97. The van der Waals surface area contributed by atoms with Crippen LogP contribution in [0.25, 0.3) is 0 Å². The third kappa shape index (κ3) is 3.99. The molecule has 9 heteroatoms. The molecule has 0 aliphatic carbocycles. The number of piperazine rings is 1. The van der Waals surface area contributed by atoms with E-state index in [2.05, 4.69) is 0 Å². The molecule has 1 N–H and O–H groups in total. The molecule has 2 aromatic carbocycles. The first-order chi connectivity index (χ1) is 13.3. The molecule has 2 aromatic rings. The van der Waals surface area contributed by atoms with Gasteiger partial charge >= 0.3 is 0 Å². The lowest BCUT2D eigenvalue weighted by Gasteiger charge is -2.35. The van der Waals surface area contributed by atoms with E-state index in [0.717, 1.165) is 0 Å². The minimum Gasteiger partial charge on any atom is -0.505 e. The molecular weight excluding hydrogens is 427 g/mol. The Morgan fingerprint density at radius 1 is 0.929 bits per heavy atom. The van der Waals surface area contributed by atoms with E-state index in [1.165, 1.54) is 11.0 Å². The molecule has 0 radical (unpaired) electrons. The molecule has 6 nitrogen and oxygen atoms in total. The van der Waals surface area contributed by atoms with Crippen LogP contribution in [0.3, 0.4) is 0 Å². The molecule has 2 amide bonds. The van der Waals surface area contributed by atoms with Gasteiger partial charge in [0.2, 0.25) is 0 Å². The van der Waals surface area contributed by atoms with Crippen molar-refractivity contribution in [3.63, 3.8) is 0 Å². The van der Waals surface area contributed by atoms with Crippen molar-refractivity contribution in [1.82, 2.24) is 9.80 Å². The van der Waals surface area contributed by atoms with Gasteiger partial charge in [-0.25, -0.2) is 0 Å². The van der Waals surface area contributed by atoms with Crippen LogP contribution in [-0.2, 0) is 0 Å². The summed E-state index contributed by atoms with van der Waals surface area (Å²) in [4.78, 5) is 28.6. The standard InChI is InChI=1S/C19H17Cl3N2O4/c1-28-12-4-2-11(3-5-12)18(26)23-6-8-24(9-7-23)19(27)15-16(22)13(20)10-14(21)17(15)25/h2-5,10,25H,6-9H2,1H3. The molecule has 28 heavy (non-hydrogen) atoms. The van der Waals surface area contributed by atoms with E-state index in [9.17, 15) is 14.7 Å². The SMILES string of the molecule is COc1ccc(C(=O)N2CCN(C(=O)c3c(O)c(Cl)cc(Cl)c3Cl)CC2)cc1. The summed E-state index contributed by atoms with van der Waals surface area (Å²) < 4.78 is 5.09. The number of halogens is 3. The van der Waals surface area contributed by atoms with Crippen LogP contribution in [-0.4, -0.2) is 60.0 Å². The van der Waals surface area contributed by atoms with E-state index in [0.29, 0.717) is 37.5 Å². The van der Waals surface area contributed by atoms with Crippen LogP contribution in [0.1, 0.15) is 20.7 Å². The number of ether oxygens (including phenoxy) is 1. The number of phenols is 1. The average molecular weight is 444 g/mol. The van der Waals surface area contributed by atoms with Crippen molar-refractivity contribution >= 4 is 46.6 Å². The highest BCUT2D eigenvalue weighted by Gasteiger charge is 2.29. The van der Waals surface area contributed by atoms with E-state index >= 15 is 0 Å². The highest BCUT2D eigenvalue weighted by molar-refractivity contribution is 6.45. The van der Waals surface area contributed by atoms with Crippen LogP contribution in [0, 0.1) is 0 Å². The zero-order chi connectivity index (χ0) is 20.4. The maximum absolute atomic E-state index is 12.8. The smallest absolute Gasteiger partial charge is 0.259 e. The van der Waals surface area contributed by atoms with Gasteiger partial charge in [-0.1, -0.05) is 34.8 Å². The highest BCUT2D eigenvalue weighted by Crippen LogP contribution is 2.39. The Bertz CT molecular complexity index is 884. The third-order valence-electron chi connectivity index (χ3n) is 4.55. The fourth-order valence-corrected chi connectivity index (χ4v) is 3.66. The predicted octanol–water partition coefficient (Wildman–Crippen LogP) is 3.96. The minimum absolute atomic E-state index is 0.0499. The highest BCUT2D eigenvalue weighted by atomic mass is 35.5. The summed E-state index contributed by atoms with van der Waals surface area (Å²) in [5, 5.41) is 10.1. The summed E-state index contributed by atoms with van der Waals surface area (Å²) in [5.41, 5.74) is 0.414. The van der Waals surface area contributed by atoms with Gasteiger partial charge in [0.05, 0.1) is 22.2 Å². The first-order valence-electron chi connectivity index (χ1n) is 8.42. The maximum atomic E-state index is 12.8. The second-order valence-electron chi connectivity index (χ2n) is 6.19. The van der Waals surface area contributed by atoms with Crippen molar-refractivity contribution in [2.75, 3.05) is 33.3 Å². The lowest BCUT2D eigenvalue weighted by molar-refractivity contribution is 0.0533. The van der Waals surface area contributed by atoms with E-state index < -0.39 is 11.7 Å². The molecule has 1 aliphatic rings. The van der Waals surface area contributed by atoms with E-state index in [4.69, 9.17) is 39.5 Å². The summed E-state index contributed by atoms with van der Waals surface area (Å²) in [6.45, 7) is 1.29.